The minimum absolute atomic E-state index is 0.00318. The lowest BCUT2D eigenvalue weighted by atomic mass is 9.74. The molecule has 2 aliphatic rings. The van der Waals surface area contributed by atoms with Gasteiger partial charge in [-0.2, -0.15) is 0 Å². The second-order valence-corrected chi connectivity index (χ2v) is 11.5. The summed E-state index contributed by atoms with van der Waals surface area (Å²) in [5, 5.41) is 23.0. The van der Waals surface area contributed by atoms with Crippen LogP contribution in [0.5, 0.6) is 5.75 Å². The average molecular weight is 598 g/mol. The van der Waals surface area contributed by atoms with E-state index in [-0.39, 0.29) is 12.0 Å². The van der Waals surface area contributed by atoms with E-state index in [9.17, 15) is 23.4 Å². The number of rotatable bonds is 9. The maximum Gasteiger partial charge on any atom is 0.144 e. The molecule has 3 aromatic rings. The van der Waals surface area contributed by atoms with E-state index < -0.39 is 29.1 Å². The van der Waals surface area contributed by atoms with E-state index in [4.69, 9.17) is 9.47 Å². The van der Waals surface area contributed by atoms with Crippen LogP contribution in [0.25, 0.3) is 10.9 Å². The molecule has 10 heteroatoms. The first-order chi connectivity index (χ1) is 20.8. The van der Waals surface area contributed by atoms with Crippen LogP contribution in [0.2, 0.25) is 0 Å². The molecule has 2 fully saturated rings. The van der Waals surface area contributed by atoms with Crippen molar-refractivity contribution in [1.82, 2.24) is 14.8 Å². The zero-order chi connectivity index (χ0) is 30.4. The van der Waals surface area contributed by atoms with Crippen LogP contribution in [0.1, 0.15) is 48.5 Å². The largest absolute Gasteiger partial charge is 0.497 e. The molecule has 0 aliphatic carbocycles. The van der Waals surface area contributed by atoms with Gasteiger partial charge in [-0.25, -0.2) is 13.2 Å². The fraction of sp³-hybridized carbons (Fsp3) is 0.485. The predicted octanol–water partition coefficient (Wildman–Crippen LogP) is 4.43. The van der Waals surface area contributed by atoms with Gasteiger partial charge in [-0.3, -0.25) is 14.8 Å². The Morgan fingerprint density at radius 1 is 1.05 bits per heavy atom. The third-order valence-electron chi connectivity index (χ3n) is 8.75. The molecular formula is C33H38F3N3O4. The fourth-order valence-corrected chi connectivity index (χ4v) is 6.04. The van der Waals surface area contributed by atoms with Gasteiger partial charge in [0.15, 0.2) is 0 Å². The van der Waals surface area contributed by atoms with Crippen molar-refractivity contribution in [3.63, 3.8) is 0 Å². The number of likely N-dealkylation sites (tertiary alicyclic amines) is 1. The van der Waals surface area contributed by atoms with Gasteiger partial charge in [-0.15, -0.1) is 0 Å². The van der Waals surface area contributed by atoms with Gasteiger partial charge in [0.25, 0.3) is 0 Å². The smallest absolute Gasteiger partial charge is 0.144 e. The zero-order valence-electron chi connectivity index (χ0n) is 24.4. The van der Waals surface area contributed by atoms with Crippen molar-refractivity contribution in [1.29, 1.82) is 0 Å². The summed E-state index contributed by atoms with van der Waals surface area (Å²) in [6.07, 6.45) is 3.58. The van der Waals surface area contributed by atoms with Crippen LogP contribution >= 0.6 is 0 Å². The molecule has 0 radical (unpaired) electrons. The molecule has 1 aromatic heterocycles. The number of hydrogen-bond acceptors (Lipinski definition) is 7. The molecule has 2 N–H and O–H groups in total. The number of ether oxygens (including phenoxy) is 2. The average Bonchev–Trinajstić information content (AvgIpc) is 3.02. The summed E-state index contributed by atoms with van der Waals surface area (Å²) < 4.78 is 52.0. The molecule has 2 aromatic carbocycles. The minimum Gasteiger partial charge on any atom is -0.497 e. The molecule has 2 aliphatic heterocycles. The summed E-state index contributed by atoms with van der Waals surface area (Å²) in [7, 11) is 1.62. The van der Waals surface area contributed by atoms with Crippen molar-refractivity contribution in [3.8, 4) is 17.6 Å². The van der Waals surface area contributed by atoms with Gasteiger partial charge < -0.3 is 19.7 Å². The molecule has 0 amide bonds. The Labute approximate surface area is 250 Å². The summed E-state index contributed by atoms with van der Waals surface area (Å²) in [6.45, 7) is 5.23. The Morgan fingerprint density at radius 3 is 2.44 bits per heavy atom. The van der Waals surface area contributed by atoms with Crippen molar-refractivity contribution in [2.45, 2.75) is 38.3 Å². The molecular weight excluding hydrogens is 559 g/mol. The monoisotopic (exact) mass is 597 g/mol. The third-order valence-corrected chi connectivity index (χ3v) is 8.75. The number of morpholine rings is 1. The molecule has 2 saturated heterocycles. The van der Waals surface area contributed by atoms with Crippen molar-refractivity contribution in [2.24, 2.45) is 5.41 Å². The van der Waals surface area contributed by atoms with Crippen LogP contribution in [-0.4, -0.2) is 84.7 Å². The number of piperidine rings is 1. The highest BCUT2D eigenvalue weighted by Gasteiger charge is 2.35. The Balaban J connectivity index is 1.26. The first-order valence-electron chi connectivity index (χ1n) is 14.7. The van der Waals surface area contributed by atoms with E-state index in [1.54, 1.807) is 7.11 Å². The third kappa shape index (κ3) is 7.48. The van der Waals surface area contributed by atoms with Gasteiger partial charge >= 0.3 is 0 Å². The van der Waals surface area contributed by atoms with Crippen LogP contribution < -0.4 is 4.74 Å². The number of methoxy groups -OCH3 is 1. The summed E-state index contributed by atoms with van der Waals surface area (Å²) in [5.74, 6) is 2.97. The maximum absolute atomic E-state index is 13.9. The van der Waals surface area contributed by atoms with Crippen LogP contribution in [-0.2, 0) is 11.3 Å². The summed E-state index contributed by atoms with van der Waals surface area (Å²) in [4.78, 5) is 9.04. The number of hydrogen-bond donors (Lipinski definition) is 2. The minimum atomic E-state index is -1.02. The van der Waals surface area contributed by atoms with E-state index in [0.29, 0.717) is 83.0 Å². The summed E-state index contributed by atoms with van der Waals surface area (Å²) >= 11 is 0. The van der Waals surface area contributed by atoms with E-state index in [2.05, 4.69) is 26.6 Å². The molecule has 0 spiro atoms. The number of pyridine rings is 1. The number of fused-ring (bicyclic) bond motifs is 1. The first kappa shape index (κ1) is 31.2. The molecule has 0 bridgehead atoms. The second kappa shape index (κ2) is 14.1. The lowest BCUT2D eigenvalue weighted by Crippen LogP contribution is -2.42. The SMILES string of the molecule is COc1ccc2ncc(CN3CCOCC3)c([C@@H](O)CCC3(CO)CCN(CC#Cc4c(F)cc(F)cc4F)CC3)c2c1. The van der Waals surface area contributed by atoms with Crippen molar-refractivity contribution in [2.75, 3.05) is 59.7 Å². The van der Waals surface area contributed by atoms with Crippen LogP contribution in [0.3, 0.4) is 0 Å². The van der Waals surface area contributed by atoms with E-state index in [1.165, 1.54) is 0 Å². The summed E-state index contributed by atoms with van der Waals surface area (Å²) in [6, 6.07) is 6.92. The van der Waals surface area contributed by atoms with Crippen molar-refractivity contribution < 1.29 is 32.9 Å². The van der Waals surface area contributed by atoms with E-state index in [1.807, 2.05) is 24.4 Å². The zero-order valence-corrected chi connectivity index (χ0v) is 24.4. The Hall–Kier alpha value is -3.20. The van der Waals surface area contributed by atoms with Crippen molar-refractivity contribution in [3.05, 3.63) is 70.7 Å². The van der Waals surface area contributed by atoms with Crippen molar-refractivity contribution >= 4 is 10.9 Å². The molecule has 230 valence electrons. The quantitative estimate of drug-likeness (QED) is 0.354. The van der Waals surface area contributed by atoms with E-state index >= 15 is 0 Å². The number of benzene rings is 2. The highest BCUT2D eigenvalue weighted by Crippen LogP contribution is 2.40. The highest BCUT2D eigenvalue weighted by atomic mass is 19.1. The Morgan fingerprint density at radius 2 is 1.77 bits per heavy atom. The van der Waals surface area contributed by atoms with Gasteiger partial charge in [0.05, 0.1) is 44.1 Å². The second-order valence-electron chi connectivity index (χ2n) is 11.5. The number of aliphatic hydroxyl groups excluding tert-OH is 2. The number of aromatic nitrogens is 1. The standard InChI is InChI=1S/C33H38F3N3O4/c1-42-25-4-5-30-27(19-25)32(23(20-37-30)21-39-13-15-43-16-14-39)31(41)6-7-33(22-40)8-11-38(12-9-33)10-2-3-26-28(35)17-24(34)18-29(26)36/h4-5,17-20,31,40-41H,6-16,21-22H2,1H3/t31-/m0/s1. The molecule has 3 heterocycles. The number of nitrogens with zero attached hydrogens (tertiary/aromatic N) is 3. The predicted molar refractivity (Wildman–Crippen MR) is 157 cm³/mol. The molecule has 0 unspecified atom stereocenters. The van der Waals surface area contributed by atoms with Gasteiger partial charge in [-0.1, -0.05) is 11.8 Å². The number of halogens is 3. The van der Waals surface area contributed by atoms with Crippen LogP contribution in [0, 0.1) is 34.7 Å². The molecule has 5 rings (SSSR count). The van der Waals surface area contributed by atoms with Gasteiger partial charge in [-0.05, 0) is 73.5 Å². The Kier molecular flexibility index (Phi) is 10.2. The van der Waals surface area contributed by atoms with Gasteiger partial charge in [0, 0.05) is 50.0 Å². The van der Waals surface area contributed by atoms with Crippen LogP contribution in [0.15, 0.2) is 36.5 Å². The lowest BCUT2D eigenvalue weighted by molar-refractivity contribution is 0.0262. The van der Waals surface area contributed by atoms with Crippen LogP contribution in [0.4, 0.5) is 13.2 Å². The van der Waals surface area contributed by atoms with E-state index in [0.717, 1.165) is 35.1 Å². The normalized spacial score (nSPS) is 18.3. The molecule has 1 atom stereocenters. The fourth-order valence-electron chi connectivity index (χ4n) is 6.04. The topological polar surface area (TPSA) is 78.3 Å². The Bertz CT molecular complexity index is 1450. The van der Waals surface area contributed by atoms with Gasteiger partial charge in [0.2, 0.25) is 0 Å². The molecule has 7 nitrogen and oxygen atoms in total. The maximum atomic E-state index is 13.9. The van der Waals surface area contributed by atoms with Gasteiger partial charge in [0.1, 0.15) is 23.2 Å². The highest BCUT2D eigenvalue weighted by molar-refractivity contribution is 5.85. The lowest BCUT2D eigenvalue weighted by Gasteiger charge is -2.40. The number of aliphatic hydroxyl groups is 2. The first-order valence-corrected chi connectivity index (χ1v) is 14.7. The summed E-state index contributed by atoms with van der Waals surface area (Å²) in [5.41, 5.74) is 1.80. The molecule has 0 saturated carbocycles. The molecule has 43 heavy (non-hydrogen) atoms.